The van der Waals surface area contributed by atoms with Crippen LogP contribution in [0.3, 0.4) is 0 Å². The third-order valence-corrected chi connectivity index (χ3v) is 6.73. The Kier molecular flexibility index (Phi) is 8.07. The van der Waals surface area contributed by atoms with E-state index in [2.05, 4.69) is 32.3 Å². The molecule has 2 aromatic rings. The Morgan fingerprint density at radius 2 is 1.94 bits per heavy atom. The number of carbonyl (C=O) groups excluding carboxylic acids is 3. The molecule has 0 radical (unpaired) electrons. The molecule has 1 N–H and O–H groups in total. The maximum absolute atomic E-state index is 12.8. The van der Waals surface area contributed by atoms with E-state index in [0.717, 1.165) is 16.2 Å². The van der Waals surface area contributed by atoms with Gasteiger partial charge < -0.3 is 10.1 Å². The number of hydrogen-bond acceptors (Lipinski definition) is 6. The molecule has 3 rings (SSSR count). The molecule has 0 aliphatic carbocycles. The van der Waals surface area contributed by atoms with Crippen LogP contribution in [-0.2, 0) is 19.1 Å². The summed E-state index contributed by atoms with van der Waals surface area (Å²) >= 11 is 10.6. The lowest BCUT2D eigenvalue weighted by Gasteiger charge is -2.32. The summed E-state index contributed by atoms with van der Waals surface area (Å²) in [5.74, 6) is -5.06. The van der Waals surface area contributed by atoms with Crippen LogP contribution in [0.25, 0.3) is 0 Å². The molecule has 0 saturated carbocycles. The number of halogens is 2. The SMILES string of the molecule is COC(=O)C1C(=O)N=C(SCC(=O)Nc2ccc(Br)cc2)C(C#N)C1c1ccccc1Cl. The third kappa shape index (κ3) is 5.38. The average molecular weight is 535 g/mol. The smallest absolute Gasteiger partial charge is 0.319 e. The van der Waals surface area contributed by atoms with Crippen molar-refractivity contribution in [2.24, 2.45) is 16.8 Å². The monoisotopic (exact) mass is 533 g/mol. The van der Waals surface area contributed by atoms with E-state index in [1.54, 1.807) is 48.5 Å². The lowest BCUT2D eigenvalue weighted by Crippen LogP contribution is -2.40. The minimum absolute atomic E-state index is 0.0709. The lowest BCUT2D eigenvalue weighted by atomic mass is 9.75. The summed E-state index contributed by atoms with van der Waals surface area (Å²) in [5, 5.41) is 13.1. The number of rotatable bonds is 5. The molecule has 0 saturated heterocycles. The van der Waals surface area contributed by atoms with Crippen molar-refractivity contribution in [3.8, 4) is 6.07 Å². The van der Waals surface area contributed by atoms with Gasteiger partial charge in [0.15, 0.2) is 0 Å². The molecule has 1 aliphatic heterocycles. The van der Waals surface area contributed by atoms with Crippen molar-refractivity contribution in [1.82, 2.24) is 0 Å². The topological polar surface area (TPSA) is 109 Å². The minimum Gasteiger partial charge on any atom is -0.468 e. The van der Waals surface area contributed by atoms with Crippen LogP contribution in [0.2, 0.25) is 5.02 Å². The molecule has 0 bridgehead atoms. The minimum atomic E-state index is -1.30. The quantitative estimate of drug-likeness (QED) is 0.449. The van der Waals surface area contributed by atoms with Gasteiger partial charge in [-0.05, 0) is 35.9 Å². The zero-order chi connectivity index (χ0) is 23.3. The molecule has 3 unspecified atom stereocenters. The lowest BCUT2D eigenvalue weighted by molar-refractivity contribution is -0.150. The summed E-state index contributed by atoms with van der Waals surface area (Å²) in [4.78, 5) is 41.5. The Labute approximate surface area is 202 Å². The van der Waals surface area contributed by atoms with E-state index in [4.69, 9.17) is 16.3 Å². The van der Waals surface area contributed by atoms with Crippen LogP contribution in [-0.4, -0.2) is 35.7 Å². The standard InChI is InChI=1S/C22H17BrClN3O4S/c1-31-22(30)19-18(14-4-2-3-5-16(14)24)15(10-25)21(27-20(19)29)32-11-17(28)26-13-8-6-12(23)7-9-13/h2-9,15,18-19H,11H2,1H3,(H,26,28). The van der Waals surface area contributed by atoms with Crippen LogP contribution in [0.5, 0.6) is 0 Å². The Bertz CT molecular complexity index is 1120. The fourth-order valence-electron chi connectivity index (χ4n) is 3.35. The number of ether oxygens (including phenoxy) is 1. The van der Waals surface area contributed by atoms with Gasteiger partial charge in [0.25, 0.3) is 5.91 Å². The van der Waals surface area contributed by atoms with E-state index in [1.165, 1.54) is 7.11 Å². The zero-order valence-corrected chi connectivity index (χ0v) is 19.9. The van der Waals surface area contributed by atoms with Gasteiger partial charge >= 0.3 is 5.97 Å². The summed E-state index contributed by atoms with van der Waals surface area (Å²) < 4.78 is 5.67. The molecule has 2 amide bonds. The number of thioether (sulfide) groups is 1. The highest BCUT2D eigenvalue weighted by molar-refractivity contribution is 9.10. The number of anilines is 1. The summed E-state index contributed by atoms with van der Waals surface area (Å²) in [5.41, 5.74) is 1.08. The van der Waals surface area contributed by atoms with Gasteiger partial charge in [-0.2, -0.15) is 5.26 Å². The van der Waals surface area contributed by atoms with Crippen LogP contribution in [0.4, 0.5) is 5.69 Å². The fraction of sp³-hybridized carbons (Fsp3) is 0.227. The summed E-state index contributed by atoms with van der Waals surface area (Å²) in [6, 6.07) is 15.9. The van der Waals surface area contributed by atoms with Crippen LogP contribution in [0, 0.1) is 23.2 Å². The van der Waals surface area contributed by atoms with Gasteiger partial charge in [0.05, 0.1) is 24.0 Å². The Morgan fingerprint density at radius 1 is 1.25 bits per heavy atom. The number of carbonyl (C=O) groups is 3. The first-order chi connectivity index (χ1) is 15.3. The highest BCUT2D eigenvalue weighted by atomic mass is 79.9. The van der Waals surface area contributed by atoms with E-state index < -0.39 is 29.6 Å². The van der Waals surface area contributed by atoms with Gasteiger partial charge in [0.1, 0.15) is 11.8 Å². The normalized spacial score (nSPS) is 20.1. The van der Waals surface area contributed by atoms with E-state index in [0.29, 0.717) is 16.3 Å². The van der Waals surface area contributed by atoms with Crippen molar-refractivity contribution in [2.45, 2.75) is 5.92 Å². The molecule has 10 heteroatoms. The number of hydrogen-bond donors (Lipinski definition) is 1. The fourth-order valence-corrected chi connectivity index (χ4v) is 4.76. The van der Waals surface area contributed by atoms with Crippen LogP contribution in [0.15, 0.2) is 58.0 Å². The third-order valence-electron chi connectivity index (χ3n) is 4.81. The maximum atomic E-state index is 12.8. The number of esters is 1. The van der Waals surface area contributed by atoms with Gasteiger partial charge in [-0.1, -0.05) is 57.5 Å². The molecule has 32 heavy (non-hydrogen) atoms. The Morgan fingerprint density at radius 3 is 2.56 bits per heavy atom. The second kappa shape index (κ2) is 10.8. The average Bonchev–Trinajstić information content (AvgIpc) is 2.78. The summed E-state index contributed by atoms with van der Waals surface area (Å²) in [7, 11) is 1.17. The van der Waals surface area contributed by atoms with E-state index in [9.17, 15) is 19.6 Å². The molecule has 0 fully saturated rings. The highest BCUT2D eigenvalue weighted by Gasteiger charge is 2.47. The molecule has 1 heterocycles. The second-order valence-electron chi connectivity index (χ2n) is 6.79. The van der Waals surface area contributed by atoms with Gasteiger partial charge in [-0.25, -0.2) is 4.99 Å². The Balaban J connectivity index is 1.85. The molecular weight excluding hydrogens is 518 g/mol. The molecule has 7 nitrogen and oxygen atoms in total. The van der Waals surface area contributed by atoms with Crippen LogP contribution < -0.4 is 5.32 Å². The number of benzene rings is 2. The number of amides is 2. The molecule has 0 spiro atoms. The number of nitriles is 1. The van der Waals surface area contributed by atoms with Crippen molar-refractivity contribution in [1.29, 1.82) is 5.26 Å². The first kappa shape index (κ1) is 24.0. The van der Waals surface area contributed by atoms with Crippen LogP contribution >= 0.6 is 39.3 Å². The second-order valence-corrected chi connectivity index (χ2v) is 9.11. The van der Waals surface area contributed by atoms with E-state index in [1.807, 2.05) is 0 Å². The first-order valence-electron chi connectivity index (χ1n) is 9.38. The van der Waals surface area contributed by atoms with E-state index >= 15 is 0 Å². The van der Waals surface area contributed by atoms with Crippen LogP contribution in [0.1, 0.15) is 11.5 Å². The number of methoxy groups -OCH3 is 1. The molecule has 0 aromatic heterocycles. The van der Waals surface area contributed by atoms with Crippen molar-refractivity contribution in [2.75, 3.05) is 18.2 Å². The van der Waals surface area contributed by atoms with Gasteiger partial charge in [-0.15, -0.1) is 0 Å². The highest BCUT2D eigenvalue weighted by Crippen LogP contribution is 2.42. The van der Waals surface area contributed by atoms with E-state index in [-0.39, 0.29) is 16.7 Å². The summed E-state index contributed by atoms with van der Waals surface area (Å²) in [6.45, 7) is 0. The molecule has 164 valence electrons. The molecule has 2 aromatic carbocycles. The molecule has 3 atom stereocenters. The number of nitrogens with zero attached hydrogens (tertiary/aromatic N) is 2. The molecular formula is C22H17BrClN3O4S. The van der Waals surface area contributed by atoms with Crippen molar-refractivity contribution in [3.63, 3.8) is 0 Å². The predicted octanol–water partition coefficient (Wildman–Crippen LogP) is 4.43. The van der Waals surface area contributed by atoms with Crippen molar-refractivity contribution >= 4 is 67.8 Å². The largest absolute Gasteiger partial charge is 0.468 e. The summed E-state index contributed by atoms with van der Waals surface area (Å²) in [6.07, 6.45) is 0. The van der Waals surface area contributed by atoms with Crippen molar-refractivity contribution in [3.05, 3.63) is 63.6 Å². The Hall–Kier alpha value is -2.67. The van der Waals surface area contributed by atoms with Gasteiger partial charge in [0.2, 0.25) is 5.91 Å². The predicted molar refractivity (Wildman–Crippen MR) is 126 cm³/mol. The first-order valence-corrected chi connectivity index (χ1v) is 11.5. The van der Waals surface area contributed by atoms with Gasteiger partial charge in [-0.3, -0.25) is 14.4 Å². The number of nitrogens with one attached hydrogen (secondary N) is 1. The zero-order valence-electron chi connectivity index (χ0n) is 16.7. The van der Waals surface area contributed by atoms with Crippen molar-refractivity contribution < 1.29 is 19.1 Å². The van der Waals surface area contributed by atoms with Gasteiger partial charge in [0, 0.05) is 21.1 Å². The maximum Gasteiger partial charge on any atom is 0.319 e. The number of aliphatic imine (C=N–C) groups is 1. The molecule has 1 aliphatic rings.